The Balaban J connectivity index is 2.11. The Hall–Kier alpha value is -1.99. The van der Waals surface area contributed by atoms with Crippen LogP contribution in [0.2, 0.25) is 5.02 Å². The molecule has 110 valence electrons. The molecule has 2 aromatic rings. The summed E-state index contributed by atoms with van der Waals surface area (Å²) in [6.45, 7) is 2.27. The fraction of sp³-hybridized carbons (Fsp3) is 0.231. The first-order valence-corrected chi connectivity index (χ1v) is 7.37. The van der Waals surface area contributed by atoms with E-state index >= 15 is 0 Å². The molecule has 1 atom stereocenters. The number of nitrogens with one attached hydrogen (secondary N) is 1. The lowest BCUT2D eigenvalue weighted by Crippen LogP contribution is -2.28. The van der Waals surface area contributed by atoms with Crippen molar-refractivity contribution in [3.63, 3.8) is 0 Å². The predicted octanol–water partition coefficient (Wildman–Crippen LogP) is 3.24. The van der Waals surface area contributed by atoms with Crippen LogP contribution in [0.15, 0.2) is 29.8 Å². The van der Waals surface area contributed by atoms with Crippen molar-refractivity contribution in [2.45, 2.75) is 12.8 Å². The van der Waals surface area contributed by atoms with E-state index in [2.05, 4.69) is 10.3 Å². The van der Waals surface area contributed by atoms with Crippen molar-refractivity contribution in [1.82, 2.24) is 10.3 Å². The van der Waals surface area contributed by atoms with E-state index in [0.717, 1.165) is 5.01 Å². The Morgan fingerprint density at radius 2 is 2.33 bits per heavy atom. The first-order chi connectivity index (χ1) is 10.0. The molecule has 1 aromatic heterocycles. The van der Waals surface area contributed by atoms with E-state index in [0.29, 0.717) is 6.54 Å². The first kappa shape index (κ1) is 15.4. The summed E-state index contributed by atoms with van der Waals surface area (Å²) in [5.41, 5.74) is -0.419. The zero-order valence-electron chi connectivity index (χ0n) is 11.1. The molecule has 0 fully saturated rings. The molecule has 1 unspecified atom stereocenters. The Labute approximate surface area is 129 Å². The minimum Gasteiger partial charge on any atom is -0.351 e. The number of halogens is 1. The molecular formula is C13H12ClN3O3S. The van der Waals surface area contributed by atoms with Gasteiger partial charge in [-0.3, -0.25) is 14.9 Å². The molecule has 0 bridgehead atoms. The largest absolute Gasteiger partial charge is 0.351 e. The number of nitro benzene ring substituents is 1. The molecule has 0 aliphatic heterocycles. The van der Waals surface area contributed by atoms with Gasteiger partial charge in [-0.05, 0) is 12.1 Å². The highest BCUT2D eigenvalue weighted by Gasteiger charge is 2.23. The third-order valence-corrected chi connectivity index (χ3v) is 4.17. The second kappa shape index (κ2) is 6.64. The van der Waals surface area contributed by atoms with E-state index in [4.69, 9.17) is 11.6 Å². The van der Waals surface area contributed by atoms with Gasteiger partial charge >= 0.3 is 5.69 Å². The van der Waals surface area contributed by atoms with Crippen LogP contribution in [0, 0.1) is 10.1 Å². The van der Waals surface area contributed by atoms with Gasteiger partial charge in [0.15, 0.2) is 0 Å². The Kier molecular flexibility index (Phi) is 4.87. The van der Waals surface area contributed by atoms with Crippen LogP contribution in [0.1, 0.15) is 28.2 Å². The van der Waals surface area contributed by atoms with Crippen molar-refractivity contribution >= 4 is 34.5 Å². The molecule has 8 heteroatoms. The SMILES string of the molecule is CC(CNC(=O)c1cccc(Cl)c1[N+](=O)[O-])c1nccs1. The molecule has 1 aromatic carbocycles. The third kappa shape index (κ3) is 3.56. The van der Waals surface area contributed by atoms with E-state index < -0.39 is 10.8 Å². The molecule has 0 radical (unpaired) electrons. The smallest absolute Gasteiger partial charge is 0.300 e. The second-order valence-electron chi connectivity index (χ2n) is 4.37. The number of benzene rings is 1. The molecule has 6 nitrogen and oxygen atoms in total. The number of carbonyl (C=O) groups excluding carboxylic acids is 1. The Bertz CT molecular complexity index is 661. The maximum atomic E-state index is 12.1. The molecule has 21 heavy (non-hydrogen) atoms. The lowest BCUT2D eigenvalue weighted by Gasteiger charge is -2.10. The van der Waals surface area contributed by atoms with Crippen LogP contribution in [0.4, 0.5) is 5.69 Å². The van der Waals surface area contributed by atoms with E-state index in [-0.39, 0.29) is 22.2 Å². The van der Waals surface area contributed by atoms with Crippen LogP contribution in [0.25, 0.3) is 0 Å². The second-order valence-corrected chi connectivity index (χ2v) is 5.71. The lowest BCUT2D eigenvalue weighted by atomic mass is 10.1. The van der Waals surface area contributed by atoms with Crippen LogP contribution in [-0.4, -0.2) is 22.4 Å². The van der Waals surface area contributed by atoms with E-state index in [1.165, 1.54) is 29.5 Å². The van der Waals surface area contributed by atoms with Crippen molar-refractivity contribution in [3.05, 3.63) is 55.5 Å². The van der Waals surface area contributed by atoms with Gasteiger partial charge in [0.1, 0.15) is 10.6 Å². The number of thiazole rings is 1. The average Bonchev–Trinajstić information content (AvgIpc) is 2.97. The zero-order chi connectivity index (χ0) is 15.4. The number of nitrogens with zero attached hydrogens (tertiary/aromatic N) is 2. The summed E-state index contributed by atoms with van der Waals surface area (Å²) in [5.74, 6) is -0.486. The van der Waals surface area contributed by atoms with Gasteiger partial charge in [0.25, 0.3) is 5.91 Å². The van der Waals surface area contributed by atoms with Crippen LogP contribution in [-0.2, 0) is 0 Å². The quantitative estimate of drug-likeness (QED) is 0.675. The number of amides is 1. The molecule has 1 N–H and O–H groups in total. The molecule has 1 heterocycles. The number of nitro groups is 1. The van der Waals surface area contributed by atoms with Crippen LogP contribution in [0.3, 0.4) is 0 Å². The van der Waals surface area contributed by atoms with E-state index in [1.54, 1.807) is 6.20 Å². The number of hydrogen-bond donors (Lipinski definition) is 1. The van der Waals surface area contributed by atoms with Crippen molar-refractivity contribution in [2.24, 2.45) is 0 Å². The number of aromatic nitrogens is 1. The molecule has 0 saturated heterocycles. The van der Waals surface area contributed by atoms with E-state index in [9.17, 15) is 14.9 Å². The van der Waals surface area contributed by atoms with Gasteiger partial charge in [-0.2, -0.15) is 0 Å². The number of rotatable bonds is 5. The first-order valence-electron chi connectivity index (χ1n) is 6.11. The maximum absolute atomic E-state index is 12.1. The van der Waals surface area contributed by atoms with Gasteiger partial charge in [0.05, 0.1) is 9.93 Å². The molecule has 1 amide bonds. The topological polar surface area (TPSA) is 85.1 Å². The Morgan fingerprint density at radius 3 is 2.95 bits per heavy atom. The Morgan fingerprint density at radius 1 is 1.57 bits per heavy atom. The van der Waals surface area contributed by atoms with Gasteiger partial charge in [-0.1, -0.05) is 24.6 Å². The lowest BCUT2D eigenvalue weighted by molar-refractivity contribution is -0.385. The molecule has 2 rings (SSSR count). The number of carbonyl (C=O) groups is 1. The third-order valence-electron chi connectivity index (χ3n) is 2.86. The van der Waals surface area contributed by atoms with Gasteiger partial charge in [-0.25, -0.2) is 4.98 Å². The highest BCUT2D eigenvalue weighted by molar-refractivity contribution is 7.09. The number of hydrogen-bond acceptors (Lipinski definition) is 5. The summed E-state index contributed by atoms with van der Waals surface area (Å²) in [4.78, 5) is 26.6. The predicted molar refractivity (Wildman–Crippen MR) is 81.0 cm³/mol. The normalized spacial score (nSPS) is 11.9. The summed E-state index contributed by atoms with van der Waals surface area (Å²) >= 11 is 7.28. The molecule has 0 aliphatic carbocycles. The minimum atomic E-state index is -0.651. The van der Waals surface area contributed by atoms with Crippen LogP contribution < -0.4 is 5.32 Å². The van der Waals surface area contributed by atoms with Crippen molar-refractivity contribution in [1.29, 1.82) is 0 Å². The van der Waals surface area contributed by atoms with Crippen molar-refractivity contribution in [2.75, 3.05) is 6.54 Å². The highest BCUT2D eigenvalue weighted by atomic mass is 35.5. The van der Waals surface area contributed by atoms with Crippen molar-refractivity contribution < 1.29 is 9.72 Å². The van der Waals surface area contributed by atoms with Crippen molar-refractivity contribution in [3.8, 4) is 0 Å². The average molecular weight is 326 g/mol. The van der Waals surface area contributed by atoms with Gasteiger partial charge in [0.2, 0.25) is 0 Å². The summed E-state index contributed by atoms with van der Waals surface area (Å²) in [7, 11) is 0. The standard InChI is InChI=1S/C13H12ClN3O3S/c1-8(13-15-5-6-21-13)7-16-12(18)9-3-2-4-10(14)11(9)17(19)20/h2-6,8H,7H2,1H3,(H,16,18). The fourth-order valence-corrected chi connectivity index (χ4v) is 2.73. The summed E-state index contributed by atoms with van der Waals surface area (Å²) in [6.07, 6.45) is 1.69. The molecule has 0 aliphatic rings. The van der Waals surface area contributed by atoms with Crippen LogP contribution in [0.5, 0.6) is 0 Å². The fourth-order valence-electron chi connectivity index (χ4n) is 1.79. The monoisotopic (exact) mass is 325 g/mol. The summed E-state index contributed by atoms with van der Waals surface area (Å²) in [6, 6.07) is 4.27. The van der Waals surface area contributed by atoms with E-state index in [1.807, 2.05) is 12.3 Å². The minimum absolute atomic E-state index is 0.0344. The summed E-state index contributed by atoms with van der Waals surface area (Å²) < 4.78 is 0. The molecule has 0 spiro atoms. The highest BCUT2D eigenvalue weighted by Crippen LogP contribution is 2.28. The maximum Gasteiger partial charge on any atom is 0.300 e. The van der Waals surface area contributed by atoms with Gasteiger partial charge < -0.3 is 5.32 Å². The van der Waals surface area contributed by atoms with Gasteiger partial charge in [0, 0.05) is 24.0 Å². The number of para-hydroxylation sites is 1. The molecular weight excluding hydrogens is 314 g/mol. The van der Waals surface area contributed by atoms with Crippen LogP contribution >= 0.6 is 22.9 Å². The summed E-state index contributed by atoms with van der Waals surface area (Å²) in [5, 5.41) is 16.4. The van der Waals surface area contributed by atoms with Gasteiger partial charge in [-0.15, -0.1) is 11.3 Å². The molecule has 0 saturated carbocycles. The zero-order valence-corrected chi connectivity index (χ0v) is 12.6.